The summed E-state index contributed by atoms with van der Waals surface area (Å²) in [5.74, 6) is -1.59. The van der Waals surface area contributed by atoms with E-state index in [2.05, 4.69) is 15.3 Å². The molecule has 0 atom stereocenters. The minimum Gasteiger partial charge on any atom is -0.476 e. The maximum atomic E-state index is 11.4. The van der Waals surface area contributed by atoms with Crippen molar-refractivity contribution in [2.45, 2.75) is 12.8 Å². The molecule has 1 heterocycles. The van der Waals surface area contributed by atoms with Crippen LogP contribution in [-0.2, 0) is 9.53 Å². The highest BCUT2D eigenvalue weighted by atomic mass is 16.5. The van der Waals surface area contributed by atoms with E-state index in [0.717, 1.165) is 0 Å². The van der Waals surface area contributed by atoms with Crippen molar-refractivity contribution in [2.24, 2.45) is 0 Å². The monoisotopic (exact) mass is 239 g/mol. The average Bonchev–Trinajstić information content (AvgIpc) is 2.29. The van der Waals surface area contributed by atoms with Crippen molar-refractivity contribution >= 4 is 17.7 Å². The van der Waals surface area contributed by atoms with Gasteiger partial charge in [0.2, 0.25) is 5.91 Å². The Hall–Kier alpha value is -2.02. The normalized spacial score (nSPS) is 9.94. The molecule has 0 unspecified atom stereocenters. The highest BCUT2D eigenvalue weighted by Gasteiger charge is 2.14. The molecule has 1 amide bonds. The molecule has 7 heteroatoms. The van der Waals surface area contributed by atoms with Crippen LogP contribution in [0.4, 0.5) is 5.82 Å². The minimum atomic E-state index is -1.23. The molecule has 0 radical (unpaired) electrons. The van der Waals surface area contributed by atoms with Gasteiger partial charge >= 0.3 is 5.97 Å². The lowest BCUT2D eigenvalue weighted by Gasteiger charge is -2.05. The Balaban J connectivity index is 2.61. The summed E-state index contributed by atoms with van der Waals surface area (Å²) in [5, 5.41) is 11.2. The first kappa shape index (κ1) is 13.0. The molecule has 0 spiro atoms. The SMILES string of the molecule is COCCCC(=O)Nc1nccnc1C(=O)O. The number of hydrogen-bond donors (Lipinski definition) is 2. The van der Waals surface area contributed by atoms with Gasteiger partial charge < -0.3 is 15.2 Å². The molecule has 0 bridgehead atoms. The van der Waals surface area contributed by atoms with Gasteiger partial charge in [-0.05, 0) is 6.42 Å². The van der Waals surface area contributed by atoms with Gasteiger partial charge in [0.05, 0.1) is 0 Å². The van der Waals surface area contributed by atoms with Gasteiger partial charge in [0.15, 0.2) is 11.5 Å². The van der Waals surface area contributed by atoms with Gasteiger partial charge in [-0.15, -0.1) is 0 Å². The molecular weight excluding hydrogens is 226 g/mol. The Morgan fingerprint density at radius 3 is 2.76 bits per heavy atom. The summed E-state index contributed by atoms with van der Waals surface area (Å²) in [4.78, 5) is 29.6. The second-order valence-electron chi connectivity index (χ2n) is 3.20. The number of amides is 1. The zero-order valence-corrected chi connectivity index (χ0v) is 9.34. The molecule has 2 N–H and O–H groups in total. The molecule has 0 saturated heterocycles. The third-order valence-corrected chi connectivity index (χ3v) is 1.91. The number of aromatic nitrogens is 2. The molecule has 0 aromatic carbocycles. The standard InChI is InChI=1S/C10H13N3O4/c1-17-6-2-3-7(14)13-9-8(10(15)16)11-4-5-12-9/h4-5H,2-3,6H2,1H3,(H,15,16)(H,12,13,14). The van der Waals surface area contributed by atoms with Crippen molar-refractivity contribution in [1.82, 2.24) is 9.97 Å². The van der Waals surface area contributed by atoms with Crippen LogP contribution in [0.15, 0.2) is 12.4 Å². The maximum Gasteiger partial charge on any atom is 0.358 e. The van der Waals surface area contributed by atoms with Gasteiger partial charge in [-0.25, -0.2) is 14.8 Å². The Bertz CT molecular complexity index is 408. The predicted molar refractivity (Wildman–Crippen MR) is 58.7 cm³/mol. The van der Waals surface area contributed by atoms with Crippen LogP contribution in [0.25, 0.3) is 0 Å². The Kier molecular flexibility index (Phi) is 5.02. The fraction of sp³-hybridized carbons (Fsp3) is 0.400. The van der Waals surface area contributed by atoms with Gasteiger partial charge in [0.25, 0.3) is 0 Å². The van der Waals surface area contributed by atoms with Crippen molar-refractivity contribution in [1.29, 1.82) is 0 Å². The first-order valence-corrected chi connectivity index (χ1v) is 4.98. The first-order chi connectivity index (χ1) is 8.15. The number of carboxylic acids is 1. The topological polar surface area (TPSA) is 101 Å². The average molecular weight is 239 g/mol. The molecule has 7 nitrogen and oxygen atoms in total. The molecule has 17 heavy (non-hydrogen) atoms. The van der Waals surface area contributed by atoms with Crippen molar-refractivity contribution in [3.8, 4) is 0 Å². The molecule has 1 aromatic heterocycles. The summed E-state index contributed by atoms with van der Waals surface area (Å²) >= 11 is 0. The molecule has 1 aromatic rings. The molecule has 1 rings (SSSR count). The second kappa shape index (κ2) is 6.54. The zero-order chi connectivity index (χ0) is 12.7. The number of nitrogens with zero attached hydrogens (tertiary/aromatic N) is 2. The number of hydrogen-bond acceptors (Lipinski definition) is 5. The molecule has 0 aliphatic rings. The zero-order valence-electron chi connectivity index (χ0n) is 9.34. The van der Waals surface area contributed by atoms with Crippen molar-refractivity contribution in [3.05, 3.63) is 18.1 Å². The lowest BCUT2D eigenvalue weighted by Crippen LogP contribution is -2.17. The highest BCUT2D eigenvalue weighted by Crippen LogP contribution is 2.08. The maximum absolute atomic E-state index is 11.4. The van der Waals surface area contributed by atoms with Crippen LogP contribution < -0.4 is 5.32 Å². The van der Waals surface area contributed by atoms with Crippen LogP contribution in [0.5, 0.6) is 0 Å². The second-order valence-corrected chi connectivity index (χ2v) is 3.20. The van der Waals surface area contributed by atoms with E-state index in [-0.39, 0.29) is 23.8 Å². The summed E-state index contributed by atoms with van der Waals surface area (Å²) in [5.41, 5.74) is -0.271. The van der Waals surface area contributed by atoms with E-state index in [0.29, 0.717) is 13.0 Å². The molecule has 0 aliphatic carbocycles. The summed E-state index contributed by atoms with van der Waals surface area (Å²) in [6.45, 7) is 0.472. The van der Waals surface area contributed by atoms with Crippen molar-refractivity contribution < 1.29 is 19.4 Å². The molecule has 0 saturated carbocycles. The lowest BCUT2D eigenvalue weighted by atomic mass is 10.3. The summed E-state index contributed by atoms with van der Waals surface area (Å²) < 4.78 is 4.80. The van der Waals surface area contributed by atoms with Crippen LogP contribution in [0.2, 0.25) is 0 Å². The quantitative estimate of drug-likeness (QED) is 0.702. The van der Waals surface area contributed by atoms with Crippen LogP contribution in [0.1, 0.15) is 23.3 Å². The van der Waals surface area contributed by atoms with Crippen LogP contribution in [0, 0.1) is 0 Å². The predicted octanol–water partition coefficient (Wildman–Crippen LogP) is 0.540. The number of methoxy groups -OCH3 is 1. The molecule has 92 valence electrons. The Morgan fingerprint density at radius 1 is 1.41 bits per heavy atom. The Morgan fingerprint density at radius 2 is 2.12 bits per heavy atom. The van der Waals surface area contributed by atoms with Gasteiger partial charge in [-0.1, -0.05) is 0 Å². The van der Waals surface area contributed by atoms with E-state index >= 15 is 0 Å². The fourth-order valence-electron chi connectivity index (χ4n) is 1.16. The first-order valence-electron chi connectivity index (χ1n) is 4.98. The smallest absolute Gasteiger partial charge is 0.358 e. The largest absolute Gasteiger partial charge is 0.476 e. The number of rotatable bonds is 6. The van der Waals surface area contributed by atoms with Crippen LogP contribution in [0.3, 0.4) is 0 Å². The third-order valence-electron chi connectivity index (χ3n) is 1.91. The van der Waals surface area contributed by atoms with E-state index in [1.165, 1.54) is 12.4 Å². The minimum absolute atomic E-state index is 0.0394. The fourth-order valence-corrected chi connectivity index (χ4v) is 1.16. The van der Waals surface area contributed by atoms with E-state index < -0.39 is 5.97 Å². The third kappa shape index (κ3) is 4.15. The molecule has 0 aliphatic heterocycles. The number of carbonyl (C=O) groups is 2. The number of carbonyl (C=O) groups excluding carboxylic acids is 1. The van der Waals surface area contributed by atoms with Gasteiger partial charge in [-0.2, -0.15) is 0 Å². The van der Waals surface area contributed by atoms with Gasteiger partial charge in [0.1, 0.15) is 0 Å². The number of ether oxygens (including phenoxy) is 1. The van der Waals surface area contributed by atoms with E-state index in [1.807, 2.05) is 0 Å². The number of aromatic carboxylic acids is 1. The highest BCUT2D eigenvalue weighted by molar-refractivity contribution is 5.97. The van der Waals surface area contributed by atoms with E-state index in [1.54, 1.807) is 7.11 Å². The van der Waals surface area contributed by atoms with Crippen molar-refractivity contribution in [2.75, 3.05) is 19.0 Å². The van der Waals surface area contributed by atoms with Crippen LogP contribution >= 0.6 is 0 Å². The van der Waals surface area contributed by atoms with Crippen molar-refractivity contribution in [3.63, 3.8) is 0 Å². The van der Waals surface area contributed by atoms with Gasteiger partial charge in [0, 0.05) is 32.5 Å². The number of carboxylic acid groups (broad SMARTS) is 1. The van der Waals surface area contributed by atoms with E-state index in [4.69, 9.17) is 9.84 Å². The van der Waals surface area contributed by atoms with E-state index in [9.17, 15) is 9.59 Å². The van der Waals surface area contributed by atoms with Crippen LogP contribution in [-0.4, -0.2) is 40.7 Å². The molecule has 0 fully saturated rings. The lowest BCUT2D eigenvalue weighted by molar-refractivity contribution is -0.116. The summed E-state index contributed by atoms with van der Waals surface area (Å²) in [7, 11) is 1.54. The Labute approximate surface area is 97.8 Å². The summed E-state index contributed by atoms with van der Waals surface area (Å²) in [6.07, 6.45) is 3.37. The number of nitrogens with one attached hydrogen (secondary N) is 1. The number of anilines is 1. The summed E-state index contributed by atoms with van der Waals surface area (Å²) in [6, 6.07) is 0. The van der Waals surface area contributed by atoms with Gasteiger partial charge in [-0.3, -0.25) is 4.79 Å². The molecular formula is C10H13N3O4.